The molecule has 0 aliphatic heterocycles. The maximum atomic E-state index is 5.75. The van der Waals surface area contributed by atoms with Gasteiger partial charge in [-0.1, -0.05) is 30.9 Å². The summed E-state index contributed by atoms with van der Waals surface area (Å²) in [6, 6.07) is 7.78. The molecule has 1 unspecified atom stereocenters. The summed E-state index contributed by atoms with van der Waals surface area (Å²) in [5.41, 5.74) is 6.25. The molecule has 1 atom stereocenters. The van der Waals surface area contributed by atoms with Crippen molar-refractivity contribution in [2.45, 2.75) is 26.4 Å². The molecule has 1 rings (SSSR count). The monoisotopic (exact) mass is 203 g/mol. The number of benzene rings is 1. The Morgan fingerprint density at radius 2 is 2.13 bits per heavy atom. The van der Waals surface area contributed by atoms with Crippen LogP contribution < -0.4 is 10.5 Å². The van der Waals surface area contributed by atoms with Gasteiger partial charge in [-0.15, -0.1) is 0 Å². The van der Waals surface area contributed by atoms with Crippen molar-refractivity contribution >= 4 is 0 Å². The second-order valence-corrected chi connectivity index (χ2v) is 3.34. The van der Waals surface area contributed by atoms with Crippen LogP contribution in [0.25, 0.3) is 0 Å². The van der Waals surface area contributed by atoms with Gasteiger partial charge in [-0.05, 0) is 25.5 Å². The van der Waals surface area contributed by atoms with E-state index in [0.717, 1.165) is 17.7 Å². The minimum atomic E-state index is 0.214. The SMILES string of the molecule is CCC(C)Oc1ccccc1C#CCN. The first-order valence-corrected chi connectivity index (χ1v) is 5.22. The van der Waals surface area contributed by atoms with Crippen molar-refractivity contribution in [2.75, 3.05) is 6.54 Å². The Labute approximate surface area is 91.4 Å². The summed E-state index contributed by atoms with van der Waals surface area (Å²) in [7, 11) is 0. The van der Waals surface area contributed by atoms with Crippen LogP contribution in [0.1, 0.15) is 25.8 Å². The van der Waals surface area contributed by atoms with E-state index in [9.17, 15) is 0 Å². The summed E-state index contributed by atoms with van der Waals surface area (Å²) in [6.45, 7) is 4.52. The number of nitrogens with two attached hydrogens (primary N) is 1. The van der Waals surface area contributed by atoms with Crippen molar-refractivity contribution in [3.8, 4) is 17.6 Å². The lowest BCUT2D eigenvalue weighted by Crippen LogP contribution is -2.10. The van der Waals surface area contributed by atoms with E-state index in [4.69, 9.17) is 10.5 Å². The molecule has 0 aliphatic rings. The van der Waals surface area contributed by atoms with Gasteiger partial charge in [0, 0.05) is 0 Å². The molecule has 0 saturated carbocycles. The van der Waals surface area contributed by atoms with E-state index in [1.54, 1.807) is 0 Å². The second-order valence-electron chi connectivity index (χ2n) is 3.34. The minimum absolute atomic E-state index is 0.214. The summed E-state index contributed by atoms with van der Waals surface area (Å²) in [5.74, 6) is 6.68. The van der Waals surface area contributed by atoms with Crippen LogP contribution in [0.2, 0.25) is 0 Å². The molecule has 0 aromatic heterocycles. The molecule has 0 aliphatic carbocycles. The lowest BCUT2D eigenvalue weighted by molar-refractivity contribution is 0.217. The molecule has 0 bridgehead atoms. The second kappa shape index (κ2) is 6.10. The van der Waals surface area contributed by atoms with Gasteiger partial charge in [0.1, 0.15) is 5.75 Å². The number of hydrogen-bond acceptors (Lipinski definition) is 2. The van der Waals surface area contributed by atoms with Crippen molar-refractivity contribution in [1.29, 1.82) is 0 Å². The molecule has 15 heavy (non-hydrogen) atoms. The molecule has 2 N–H and O–H groups in total. The van der Waals surface area contributed by atoms with E-state index in [0.29, 0.717) is 6.54 Å². The maximum Gasteiger partial charge on any atom is 0.135 e. The summed E-state index contributed by atoms with van der Waals surface area (Å²) in [5, 5.41) is 0. The normalized spacial score (nSPS) is 11.4. The van der Waals surface area contributed by atoms with E-state index in [1.807, 2.05) is 31.2 Å². The Kier molecular flexibility index (Phi) is 4.73. The van der Waals surface area contributed by atoms with Gasteiger partial charge in [0.2, 0.25) is 0 Å². The third-order valence-corrected chi connectivity index (χ3v) is 2.12. The summed E-state index contributed by atoms with van der Waals surface area (Å²) in [6.07, 6.45) is 1.20. The Balaban J connectivity index is 2.86. The molecule has 2 nitrogen and oxygen atoms in total. The van der Waals surface area contributed by atoms with Crippen LogP contribution in [0.5, 0.6) is 5.75 Å². The lowest BCUT2D eigenvalue weighted by atomic mass is 10.2. The average molecular weight is 203 g/mol. The number of para-hydroxylation sites is 1. The van der Waals surface area contributed by atoms with Gasteiger partial charge in [-0.2, -0.15) is 0 Å². The lowest BCUT2D eigenvalue weighted by Gasteiger charge is -2.13. The molecule has 0 radical (unpaired) electrons. The molecular formula is C13H17NO. The molecule has 0 amide bonds. The Morgan fingerprint density at radius 3 is 2.80 bits per heavy atom. The Bertz CT molecular complexity index is 362. The average Bonchev–Trinajstić information content (AvgIpc) is 2.28. The van der Waals surface area contributed by atoms with Crippen LogP contribution in [0, 0.1) is 11.8 Å². The van der Waals surface area contributed by atoms with Gasteiger partial charge < -0.3 is 10.5 Å². The van der Waals surface area contributed by atoms with E-state index >= 15 is 0 Å². The highest BCUT2D eigenvalue weighted by Crippen LogP contribution is 2.18. The Hall–Kier alpha value is -1.46. The standard InChI is InChI=1S/C13H17NO/c1-3-11(2)15-13-9-5-4-7-12(13)8-6-10-14/h4-5,7,9,11H,3,10,14H2,1-2H3. The first-order valence-electron chi connectivity index (χ1n) is 5.22. The summed E-state index contributed by atoms with van der Waals surface area (Å²) in [4.78, 5) is 0. The van der Waals surface area contributed by atoms with Crippen LogP contribution in [0.15, 0.2) is 24.3 Å². The van der Waals surface area contributed by atoms with Crippen LogP contribution in [-0.4, -0.2) is 12.6 Å². The molecule has 1 aromatic carbocycles. The van der Waals surface area contributed by atoms with Gasteiger partial charge in [0.25, 0.3) is 0 Å². The molecule has 0 heterocycles. The zero-order valence-electron chi connectivity index (χ0n) is 9.29. The fraction of sp³-hybridized carbons (Fsp3) is 0.385. The fourth-order valence-corrected chi connectivity index (χ4v) is 1.12. The molecule has 0 fully saturated rings. The van der Waals surface area contributed by atoms with Crippen LogP contribution in [0.3, 0.4) is 0 Å². The zero-order valence-corrected chi connectivity index (χ0v) is 9.29. The first kappa shape index (κ1) is 11.6. The highest BCUT2D eigenvalue weighted by Gasteiger charge is 2.04. The highest BCUT2D eigenvalue weighted by atomic mass is 16.5. The predicted octanol–water partition coefficient (Wildman–Crippen LogP) is 2.17. The molecule has 0 spiro atoms. The van der Waals surface area contributed by atoms with Crippen LogP contribution in [0.4, 0.5) is 0 Å². The quantitative estimate of drug-likeness (QED) is 0.764. The van der Waals surface area contributed by atoms with Gasteiger partial charge in [-0.3, -0.25) is 0 Å². The highest BCUT2D eigenvalue weighted by molar-refractivity contribution is 5.46. The summed E-state index contributed by atoms with van der Waals surface area (Å²) >= 11 is 0. The first-order chi connectivity index (χ1) is 7.27. The Morgan fingerprint density at radius 1 is 1.40 bits per heavy atom. The topological polar surface area (TPSA) is 35.2 Å². The van der Waals surface area contributed by atoms with E-state index in [2.05, 4.69) is 18.8 Å². The number of rotatable bonds is 3. The predicted molar refractivity (Wildman–Crippen MR) is 62.8 cm³/mol. The molecule has 0 saturated heterocycles. The third-order valence-electron chi connectivity index (χ3n) is 2.12. The molecule has 1 aromatic rings. The van der Waals surface area contributed by atoms with Crippen molar-refractivity contribution < 1.29 is 4.74 Å². The van der Waals surface area contributed by atoms with E-state index in [1.165, 1.54) is 0 Å². The van der Waals surface area contributed by atoms with Gasteiger partial charge in [-0.25, -0.2) is 0 Å². The van der Waals surface area contributed by atoms with Crippen molar-refractivity contribution in [2.24, 2.45) is 5.73 Å². The van der Waals surface area contributed by atoms with Crippen molar-refractivity contribution in [3.05, 3.63) is 29.8 Å². The van der Waals surface area contributed by atoms with Gasteiger partial charge in [0.05, 0.1) is 18.2 Å². The van der Waals surface area contributed by atoms with E-state index in [-0.39, 0.29) is 6.10 Å². The minimum Gasteiger partial charge on any atom is -0.489 e. The fourth-order valence-electron chi connectivity index (χ4n) is 1.12. The van der Waals surface area contributed by atoms with Crippen LogP contribution >= 0.6 is 0 Å². The third kappa shape index (κ3) is 3.65. The van der Waals surface area contributed by atoms with Gasteiger partial charge in [0.15, 0.2) is 0 Å². The number of hydrogen-bond donors (Lipinski definition) is 1. The molecule has 80 valence electrons. The van der Waals surface area contributed by atoms with Crippen molar-refractivity contribution in [1.82, 2.24) is 0 Å². The van der Waals surface area contributed by atoms with E-state index < -0.39 is 0 Å². The largest absolute Gasteiger partial charge is 0.489 e. The number of ether oxygens (including phenoxy) is 1. The molecule has 2 heteroatoms. The van der Waals surface area contributed by atoms with Gasteiger partial charge >= 0.3 is 0 Å². The maximum absolute atomic E-state index is 5.75. The van der Waals surface area contributed by atoms with Crippen molar-refractivity contribution in [3.63, 3.8) is 0 Å². The summed E-state index contributed by atoms with van der Waals surface area (Å²) < 4.78 is 5.75. The van der Waals surface area contributed by atoms with Crippen LogP contribution in [-0.2, 0) is 0 Å². The molecular weight excluding hydrogens is 186 g/mol. The zero-order chi connectivity index (χ0) is 11.1. The smallest absolute Gasteiger partial charge is 0.135 e.